The Labute approximate surface area is 213 Å². The number of fused-ring (bicyclic) bond motifs is 1. The maximum atomic E-state index is 12.8. The second kappa shape index (κ2) is 10.9. The van der Waals surface area contributed by atoms with Crippen molar-refractivity contribution in [2.75, 3.05) is 12.4 Å². The summed E-state index contributed by atoms with van der Waals surface area (Å²) in [6.07, 6.45) is 1.37. The number of nitrogens with one attached hydrogen (secondary N) is 2. The number of amides is 2. The van der Waals surface area contributed by atoms with Gasteiger partial charge in [-0.05, 0) is 64.9 Å². The summed E-state index contributed by atoms with van der Waals surface area (Å²) in [5.41, 5.74) is 3.88. The Hall–Kier alpha value is -4.70. The number of carbonyl (C=O) groups is 2. The van der Waals surface area contributed by atoms with E-state index in [-0.39, 0.29) is 28.2 Å². The summed E-state index contributed by atoms with van der Waals surface area (Å²) in [6.45, 7) is 1.35. The van der Waals surface area contributed by atoms with Crippen LogP contribution in [-0.2, 0) is 14.9 Å². The Morgan fingerprint density at radius 1 is 0.892 bits per heavy atom. The van der Waals surface area contributed by atoms with E-state index in [0.717, 1.165) is 10.8 Å². The summed E-state index contributed by atoms with van der Waals surface area (Å²) in [6, 6.07) is 23.1. The van der Waals surface area contributed by atoms with Crippen molar-refractivity contribution in [3.63, 3.8) is 0 Å². The van der Waals surface area contributed by atoms with E-state index in [1.165, 1.54) is 56.6 Å². The number of carbonyl (C=O) groups excluding carboxylic acids is 2. The molecule has 0 bridgehead atoms. The summed E-state index contributed by atoms with van der Waals surface area (Å²) in [5, 5.41) is 8.30. The van der Waals surface area contributed by atoms with Gasteiger partial charge >= 0.3 is 10.1 Å². The summed E-state index contributed by atoms with van der Waals surface area (Å²) in [5.74, 6) is -0.528. The van der Waals surface area contributed by atoms with Gasteiger partial charge in [0.1, 0.15) is 4.90 Å². The second-order valence-corrected chi connectivity index (χ2v) is 9.43. The quantitative estimate of drug-likeness (QED) is 0.204. The molecule has 0 atom stereocenters. The third-order valence-corrected chi connectivity index (χ3v) is 6.51. The van der Waals surface area contributed by atoms with E-state index >= 15 is 0 Å². The fourth-order valence-electron chi connectivity index (χ4n) is 3.56. The SMILES string of the molecule is COc1ccc(/C=N\NC(=O)c2cccc3ccccc23)cc1OS(=O)(=O)c1ccc(NC(C)=O)cc1. The molecular weight excluding hydrogens is 494 g/mol. The minimum Gasteiger partial charge on any atom is -0.493 e. The molecule has 0 saturated carbocycles. The molecule has 0 fully saturated rings. The van der Waals surface area contributed by atoms with Crippen molar-refractivity contribution < 1.29 is 26.9 Å². The molecule has 0 aliphatic heterocycles. The first-order chi connectivity index (χ1) is 17.8. The lowest BCUT2D eigenvalue weighted by Gasteiger charge is -2.12. The molecule has 0 unspecified atom stereocenters. The van der Waals surface area contributed by atoms with Gasteiger partial charge < -0.3 is 14.2 Å². The number of hydrogen-bond donors (Lipinski definition) is 2. The predicted molar refractivity (Wildman–Crippen MR) is 141 cm³/mol. The van der Waals surface area contributed by atoms with Gasteiger partial charge in [0.25, 0.3) is 5.91 Å². The zero-order valence-corrected chi connectivity index (χ0v) is 20.8. The first kappa shape index (κ1) is 25.4. The van der Waals surface area contributed by atoms with Crippen LogP contribution in [0.15, 0.2) is 94.9 Å². The van der Waals surface area contributed by atoms with Crippen LogP contribution in [0.25, 0.3) is 10.8 Å². The summed E-state index contributed by atoms with van der Waals surface area (Å²) in [7, 11) is -2.82. The fourth-order valence-corrected chi connectivity index (χ4v) is 4.49. The molecule has 0 saturated heterocycles. The van der Waals surface area contributed by atoms with Crippen LogP contribution in [0.4, 0.5) is 5.69 Å². The number of hydrazone groups is 1. The van der Waals surface area contributed by atoms with Gasteiger partial charge in [0, 0.05) is 18.2 Å². The topological polar surface area (TPSA) is 123 Å². The minimum atomic E-state index is -4.21. The third-order valence-electron chi connectivity index (χ3n) is 5.26. The lowest BCUT2D eigenvalue weighted by atomic mass is 10.0. The Morgan fingerprint density at radius 2 is 1.62 bits per heavy atom. The smallest absolute Gasteiger partial charge is 0.339 e. The van der Waals surface area contributed by atoms with E-state index < -0.39 is 10.1 Å². The average Bonchev–Trinajstić information content (AvgIpc) is 2.88. The highest BCUT2D eigenvalue weighted by molar-refractivity contribution is 7.87. The van der Waals surface area contributed by atoms with Crippen molar-refractivity contribution in [3.05, 3.63) is 96.1 Å². The van der Waals surface area contributed by atoms with Crippen LogP contribution in [0.1, 0.15) is 22.8 Å². The van der Waals surface area contributed by atoms with Gasteiger partial charge in [-0.2, -0.15) is 13.5 Å². The number of methoxy groups -OCH3 is 1. The van der Waals surface area contributed by atoms with Crippen molar-refractivity contribution in [3.8, 4) is 11.5 Å². The van der Waals surface area contributed by atoms with Gasteiger partial charge in [-0.3, -0.25) is 9.59 Å². The molecule has 2 amide bonds. The van der Waals surface area contributed by atoms with E-state index in [0.29, 0.717) is 16.8 Å². The third kappa shape index (κ3) is 6.11. The zero-order valence-electron chi connectivity index (χ0n) is 20.0. The molecular formula is C27H23N3O6S. The van der Waals surface area contributed by atoms with E-state index in [9.17, 15) is 18.0 Å². The molecule has 10 heteroatoms. The largest absolute Gasteiger partial charge is 0.493 e. The number of rotatable bonds is 8. The first-order valence-corrected chi connectivity index (χ1v) is 12.5. The standard InChI is InChI=1S/C27H23N3O6S/c1-18(31)29-21-11-13-22(14-12-21)37(33,34)36-26-16-19(10-15-25(26)35-2)17-28-30-27(32)24-9-5-7-20-6-3-4-8-23(20)24/h3-17H,1-2H3,(H,29,31)(H,30,32)/b28-17-. The van der Waals surface area contributed by atoms with Gasteiger partial charge in [0.2, 0.25) is 5.91 Å². The maximum Gasteiger partial charge on any atom is 0.339 e. The van der Waals surface area contributed by atoms with E-state index in [2.05, 4.69) is 15.8 Å². The molecule has 9 nitrogen and oxygen atoms in total. The van der Waals surface area contributed by atoms with E-state index in [1.807, 2.05) is 30.3 Å². The number of ether oxygens (including phenoxy) is 1. The first-order valence-electron chi connectivity index (χ1n) is 11.1. The highest BCUT2D eigenvalue weighted by Gasteiger charge is 2.19. The second-order valence-electron chi connectivity index (χ2n) is 7.88. The molecule has 0 aromatic heterocycles. The number of anilines is 1. The molecule has 4 rings (SSSR count). The highest BCUT2D eigenvalue weighted by atomic mass is 32.2. The summed E-state index contributed by atoms with van der Waals surface area (Å²) in [4.78, 5) is 23.7. The molecule has 0 heterocycles. The minimum absolute atomic E-state index is 0.0576. The van der Waals surface area contributed by atoms with Crippen LogP contribution in [0.2, 0.25) is 0 Å². The van der Waals surface area contributed by atoms with Crippen molar-refractivity contribution >= 4 is 44.6 Å². The van der Waals surface area contributed by atoms with Crippen LogP contribution in [0.3, 0.4) is 0 Å². The Kier molecular flexibility index (Phi) is 7.49. The van der Waals surface area contributed by atoms with Crippen molar-refractivity contribution in [1.82, 2.24) is 5.43 Å². The number of benzene rings is 4. The van der Waals surface area contributed by atoms with Crippen molar-refractivity contribution in [1.29, 1.82) is 0 Å². The molecule has 0 radical (unpaired) electrons. The van der Waals surface area contributed by atoms with Gasteiger partial charge in [-0.15, -0.1) is 0 Å². The maximum absolute atomic E-state index is 12.8. The Bertz CT molecular complexity index is 1590. The highest BCUT2D eigenvalue weighted by Crippen LogP contribution is 2.31. The molecule has 0 aliphatic carbocycles. The summed E-state index contributed by atoms with van der Waals surface area (Å²) >= 11 is 0. The zero-order chi connectivity index (χ0) is 26.4. The number of nitrogens with zero attached hydrogens (tertiary/aromatic N) is 1. The number of hydrogen-bond acceptors (Lipinski definition) is 7. The van der Waals surface area contributed by atoms with Gasteiger partial charge in [-0.25, -0.2) is 5.43 Å². The predicted octanol–water partition coefficient (Wildman–Crippen LogP) is 4.34. The fraction of sp³-hybridized carbons (Fsp3) is 0.0741. The van der Waals surface area contributed by atoms with Crippen molar-refractivity contribution in [2.24, 2.45) is 5.10 Å². The van der Waals surface area contributed by atoms with Crippen LogP contribution in [-0.4, -0.2) is 33.6 Å². The average molecular weight is 518 g/mol. The van der Waals surface area contributed by atoms with Gasteiger partial charge in [0.05, 0.1) is 13.3 Å². The molecule has 37 heavy (non-hydrogen) atoms. The molecule has 0 spiro atoms. The molecule has 2 N–H and O–H groups in total. The lowest BCUT2D eigenvalue weighted by molar-refractivity contribution is -0.114. The molecule has 0 aliphatic rings. The van der Waals surface area contributed by atoms with E-state index in [4.69, 9.17) is 8.92 Å². The van der Waals surface area contributed by atoms with E-state index in [1.54, 1.807) is 18.2 Å². The molecule has 4 aromatic rings. The normalized spacial score (nSPS) is 11.3. The van der Waals surface area contributed by atoms with Crippen LogP contribution in [0, 0.1) is 0 Å². The van der Waals surface area contributed by atoms with Gasteiger partial charge in [-0.1, -0.05) is 36.4 Å². The molecule has 4 aromatic carbocycles. The Morgan fingerprint density at radius 3 is 2.35 bits per heavy atom. The summed E-state index contributed by atoms with van der Waals surface area (Å²) < 4.78 is 36.2. The lowest BCUT2D eigenvalue weighted by Crippen LogP contribution is -2.18. The van der Waals surface area contributed by atoms with Crippen molar-refractivity contribution in [2.45, 2.75) is 11.8 Å². The van der Waals surface area contributed by atoms with Crippen LogP contribution in [0.5, 0.6) is 11.5 Å². The molecule has 188 valence electrons. The van der Waals surface area contributed by atoms with Gasteiger partial charge in [0.15, 0.2) is 11.5 Å². The Balaban J connectivity index is 1.51. The van der Waals surface area contributed by atoms with Crippen LogP contribution >= 0.6 is 0 Å². The monoisotopic (exact) mass is 517 g/mol. The van der Waals surface area contributed by atoms with Crippen LogP contribution < -0.4 is 19.7 Å².